The van der Waals surface area contributed by atoms with Crippen LogP contribution >= 0.6 is 0 Å². The van der Waals surface area contributed by atoms with E-state index >= 15 is 0 Å². The van der Waals surface area contributed by atoms with E-state index in [0.717, 1.165) is 22.8 Å². The van der Waals surface area contributed by atoms with Crippen LogP contribution in [0.15, 0.2) is 47.0 Å². The van der Waals surface area contributed by atoms with E-state index in [0.29, 0.717) is 26.4 Å². The Balaban J connectivity index is 1.35. The molecule has 6 nitrogen and oxygen atoms in total. The van der Waals surface area contributed by atoms with Gasteiger partial charge >= 0.3 is 0 Å². The van der Waals surface area contributed by atoms with E-state index in [1.54, 1.807) is 0 Å². The molecule has 2 heterocycles. The molecule has 1 aliphatic rings. The van der Waals surface area contributed by atoms with Gasteiger partial charge in [0.15, 0.2) is 11.5 Å². The van der Waals surface area contributed by atoms with Crippen molar-refractivity contribution in [2.45, 2.75) is 26.3 Å². The first kappa shape index (κ1) is 19.5. The van der Waals surface area contributed by atoms with Gasteiger partial charge < -0.3 is 19.3 Å². The Morgan fingerprint density at radius 3 is 2.86 bits per heavy atom. The van der Waals surface area contributed by atoms with E-state index in [9.17, 15) is 9.18 Å². The second-order valence-electron chi connectivity index (χ2n) is 7.18. The summed E-state index contributed by atoms with van der Waals surface area (Å²) in [6.45, 7) is 1.36. The topological polar surface area (TPSA) is 73.6 Å². The summed E-state index contributed by atoms with van der Waals surface area (Å²) in [7, 11) is 0. The normalized spacial score (nSPS) is 16.4. The predicted octanol–water partition coefficient (Wildman–Crippen LogP) is 3.78. The smallest absolute Gasteiger partial charge is 0.273 e. The average Bonchev–Trinajstić information content (AvgIpc) is 3.41. The summed E-state index contributed by atoms with van der Waals surface area (Å²) in [5.74, 6) is 0.0844. The van der Waals surface area contributed by atoms with E-state index in [2.05, 4.69) is 16.5 Å². The van der Waals surface area contributed by atoms with E-state index in [-0.39, 0.29) is 29.5 Å². The lowest BCUT2D eigenvalue weighted by molar-refractivity contribution is 0.0869. The van der Waals surface area contributed by atoms with E-state index in [1.165, 1.54) is 0 Å². The van der Waals surface area contributed by atoms with Gasteiger partial charge in [0.1, 0.15) is 13.3 Å². The van der Waals surface area contributed by atoms with E-state index in [1.807, 2.05) is 36.4 Å². The highest BCUT2D eigenvalue weighted by Crippen LogP contribution is 2.20. The van der Waals surface area contributed by atoms with Crippen LogP contribution in [0.4, 0.5) is 4.39 Å². The van der Waals surface area contributed by atoms with Gasteiger partial charge in [-0.05, 0) is 28.8 Å². The molecule has 0 spiro atoms. The number of amides is 1. The predicted molar refractivity (Wildman–Crippen MR) is 105 cm³/mol. The van der Waals surface area contributed by atoms with Crippen LogP contribution in [0.2, 0.25) is 0 Å². The van der Waals surface area contributed by atoms with Crippen LogP contribution < -0.4 is 5.32 Å². The number of halogens is 1. The summed E-state index contributed by atoms with van der Waals surface area (Å²) >= 11 is 0. The number of rotatable bonds is 8. The molecule has 0 saturated carbocycles. The minimum Gasteiger partial charge on any atom is -0.381 e. The van der Waals surface area contributed by atoms with Gasteiger partial charge in [-0.3, -0.25) is 4.79 Å². The summed E-state index contributed by atoms with van der Waals surface area (Å²) in [6, 6.07) is 14.2. The van der Waals surface area contributed by atoms with Crippen molar-refractivity contribution in [2.75, 3.05) is 19.8 Å². The third-order valence-electron chi connectivity index (χ3n) is 5.11. The molecule has 1 saturated heterocycles. The number of hydrogen-bond donors (Lipinski definition) is 1. The standard InChI is InChI=1S/C22H23FN2O4/c23-10-19-20(29-25-21(19)22(26)24-11-16-7-8-27-13-16)14-28-12-15-5-6-17-3-1-2-4-18(17)9-15/h1-6,9,16H,7-8,10-14H2,(H,24,26). The molecule has 2 aromatic carbocycles. The summed E-state index contributed by atoms with van der Waals surface area (Å²) in [5.41, 5.74) is 1.13. The Bertz CT molecular complexity index is 982. The van der Waals surface area contributed by atoms with Crippen molar-refractivity contribution in [2.24, 2.45) is 5.92 Å². The highest BCUT2D eigenvalue weighted by atomic mass is 19.1. The minimum absolute atomic E-state index is 0.0179. The van der Waals surface area contributed by atoms with Crippen LogP contribution in [0, 0.1) is 5.92 Å². The highest BCUT2D eigenvalue weighted by molar-refractivity contribution is 5.93. The molecule has 1 atom stereocenters. The van der Waals surface area contributed by atoms with Crippen molar-refractivity contribution in [3.05, 3.63) is 65.0 Å². The van der Waals surface area contributed by atoms with Crippen molar-refractivity contribution in [3.63, 3.8) is 0 Å². The lowest BCUT2D eigenvalue weighted by atomic mass is 10.1. The minimum atomic E-state index is -0.840. The molecule has 152 valence electrons. The number of carbonyl (C=O) groups excluding carboxylic acids is 1. The molecule has 3 aromatic rings. The van der Waals surface area contributed by atoms with Gasteiger partial charge in [0.2, 0.25) is 0 Å². The van der Waals surface area contributed by atoms with Crippen LogP contribution in [0.5, 0.6) is 0 Å². The zero-order valence-electron chi connectivity index (χ0n) is 16.0. The first-order valence-electron chi connectivity index (χ1n) is 9.69. The molecule has 0 aliphatic carbocycles. The van der Waals surface area contributed by atoms with E-state index < -0.39 is 12.6 Å². The maximum Gasteiger partial charge on any atom is 0.273 e. The van der Waals surface area contributed by atoms with Gasteiger partial charge in [-0.1, -0.05) is 41.6 Å². The van der Waals surface area contributed by atoms with Crippen LogP contribution in [0.1, 0.15) is 33.8 Å². The number of alkyl halides is 1. The number of benzene rings is 2. The van der Waals surface area contributed by atoms with Gasteiger partial charge in [0, 0.05) is 19.1 Å². The molecule has 1 N–H and O–H groups in total. The van der Waals surface area contributed by atoms with Crippen LogP contribution in [-0.4, -0.2) is 30.8 Å². The number of nitrogens with zero attached hydrogens (tertiary/aromatic N) is 1. The highest BCUT2D eigenvalue weighted by Gasteiger charge is 2.23. The molecule has 1 aliphatic heterocycles. The molecular weight excluding hydrogens is 375 g/mol. The maximum atomic E-state index is 13.6. The first-order valence-corrected chi connectivity index (χ1v) is 9.69. The van der Waals surface area contributed by atoms with Gasteiger partial charge in [-0.2, -0.15) is 0 Å². The fraction of sp³-hybridized carbons (Fsp3) is 0.364. The molecule has 29 heavy (non-hydrogen) atoms. The van der Waals surface area contributed by atoms with Crippen molar-refractivity contribution in [1.29, 1.82) is 0 Å². The quantitative estimate of drug-likeness (QED) is 0.625. The fourth-order valence-corrected chi connectivity index (χ4v) is 3.43. The van der Waals surface area contributed by atoms with Crippen molar-refractivity contribution < 1.29 is 23.2 Å². The number of aromatic nitrogens is 1. The van der Waals surface area contributed by atoms with Crippen molar-refractivity contribution >= 4 is 16.7 Å². The summed E-state index contributed by atoms with van der Waals surface area (Å²) < 4.78 is 29.7. The average molecular weight is 398 g/mol. The Morgan fingerprint density at radius 1 is 1.21 bits per heavy atom. The first-order chi connectivity index (χ1) is 14.2. The molecule has 1 fully saturated rings. The number of hydrogen-bond acceptors (Lipinski definition) is 5. The van der Waals surface area contributed by atoms with Gasteiger partial charge in [-0.25, -0.2) is 4.39 Å². The molecule has 1 unspecified atom stereocenters. The molecule has 1 amide bonds. The Hall–Kier alpha value is -2.77. The molecule has 7 heteroatoms. The molecule has 0 radical (unpaired) electrons. The van der Waals surface area contributed by atoms with Crippen molar-refractivity contribution in [3.8, 4) is 0 Å². The molecule has 4 rings (SSSR count). The third-order valence-corrected chi connectivity index (χ3v) is 5.11. The summed E-state index contributed by atoms with van der Waals surface area (Å²) in [5, 5.41) is 8.83. The van der Waals surface area contributed by atoms with Gasteiger partial charge in [0.25, 0.3) is 5.91 Å². The number of fused-ring (bicyclic) bond motifs is 1. The molecular formula is C22H23FN2O4. The summed E-state index contributed by atoms with van der Waals surface area (Å²) in [6.07, 6.45) is 0.906. The largest absolute Gasteiger partial charge is 0.381 e. The molecule has 1 aromatic heterocycles. The van der Waals surface area contributed by atoms with E-state index in [4.69, 9.17) is 14.0 Å². The van der Waals surface area contributed by atoms with Crippen LogP contribution in [0.3, 0.4) is 0 Å². The fourth-order valence-electron chi connectivity index (χ4n) is 3.43. The zero-order chi connectivity index (χ0) is 20.1. The zero-order valence-corrected chi connectivity index (χ0v) is 16.0. The number of nitrogens with one attached hydrogen (secondary N) is 1. The Morgan fingerprint density at radius 2 is 2.07 bits per heavy atom. The van der Waals surface area contributed by atoms with Gasteiger partial charge in [0.05, 0.1) is 18.8 Å². The maximum absolute atomic E-state index is 13.6. The van der Waals surface area contributed by atoms with Gasteiger partial charge in [-0.15, -0.1) is 0 Å². The van der Waals surface area contributed by atoms with Crippen LogP contribution in [-0.2, 0) is 29.4 Å². The van der Waals surface area contributed by atoms with Crippen LogP contribution in [0.25, 0.3) is 10.8 Å². The SMILES string of the molecule is O=C(NCC1CCOC1)c1noc(COCc2ccc3ccccc3c2)c1CF. The monoisotopic (exact) mass is 398 g/mol. The summed E-state index contributed by atoms with van der Waals surface area (Å²) in [4.78, 5) is 12.3. The second-order valence-corrected chi connectivity index (χ2v) is 7.18. The molecule has 0 bridgehead atoms. The number of ether oxygens (including phenoxy) is 2. The Kier molecular flexibility index (Phi) is 6.17. The number of carbonyl (C=O) groups is 1. The Labute approximate surface area is 168 Å². The lowest BCUT2D eigenvalue weighted by Crippen LogP contribution is -2.30. The van der Waals surface area contributed by atoms with Crippen molar-refractivity contribution in [1.82, 2.24) is 10.5 Å². The lowest BCUT2D eigenvalue weighted by Gasteiger charge is -2.08. The second kappa shape index (κ2) is 9.15. The third kappa shape index (κ3) is 4.63.